The summed E-state index contributed by atoms with van der Waals surface area (Å²) < 4.78 is 1.03. The average Bonchev–Trinajstić information content (AvgIpc) is 2.66. The lowest BCUT2D eigenvalue weighted by atomic mass is 9.94. The van der Waals surface area contributed by atoms with Crippen LogP contribution in [0, 0.1) is 0 Å². The van der Waals surface area contributed by atoms with Gasteiger partial charge in [0.25, 0.3) is 0 Å². The number of aliphatic imine (C=N–C) groups is 1. The van der Waals surface area contributed by atoms with Crippen LogP contribution in [0.2, 0.25) is 0 Å². The summed E-state index contributed by atoms with van der Waals surface area (Å²) in [4.78, 5) is 15.3. The van der Waals surface area contributed by atoms with Crippen molar-refractivity contribution in [3.05, 3.63) is 46.0 Å². The van der Waals surface area contributed by atoms with E-state index >= 15 is 0 Å². The van der Waals surface area contributed by atoms with Gasteiger partial charge in [-0.1, -0.05) is 22.0 Å². The van der Waals surface area contributed by atoms with Gasteiger partial charge in [0.1, 0.15) is 6.29 Å². The second-order valence-corrected chi connectivity index (χ2v) is 4.72. The molecule has 0 atom stereocenters. The second kappa shape index (κ2) is 3.52. The van der Waals surface area contributed by atoms with E-state index in [2.05, 4.69) is 20.9 Å². The molecule has 16 heavy (non-hydrogen) atoms. The molecule has 1 aliphatic heterocycles. The monoisotopic (exact) mass is 273 g/mol. The topological polar surface area (TPSA) is 29.4 Å². The highest BCUT2D eigenvalue weighted by Crippen LogP contribution is 2.39. The molecular weight excluding hydrogens is 266 g/mol. The molecule has 2 aliphatic rings. The molecule has 78 valence electrons. The largest absolute Gasteiger partial charge is 0.298 e. The van der Waals surface area contributed by atoms with Crippen molar-refractivity contribution >= 4 is 39.2 Å². The summed E-state index contributed by atoms with van der Waals surface area (Å²) in [6, 6.07) is 6.02. The minimum Gasteiger partial charge on any atom is -0.298 e. The van der Waals surface area contributed by atoms with Crippen LogP contribution in [-0.4, -0.2) is 12.0 Å². The van der Waals surface area contributed by atoms with Crippen molar-refractivity contribution in [3.63, 3.8) is 0 Å². The fourth-order valence-electron chi connectivity index (χ4n) is 2.02. The van der Waals surface area contributed by atoms with Gasteiger partial charge in [0.15, 0.2) is 0 Å². The number of benzene rings is 1. The van der Waals surface area contributed by atoms with Crippen LogP contribution < -0.4 is 0 Å². The first-order valence-electron chi connectivity index (χ1n) is 5.03. The van der Waals surface area contributed by atoms with E-state index < -0.39 is 0 Å². The Morgan fingerprint density at radius 2 is 2.25 bits per heavy atom. The zero-order chi connectivity index (χ0) is 11.1. The summed E-state index contributed by atoms with van der Waals surface area (Å²) in [7, 11) is 0. The van der Waals surface area contributed by atoms with E-state index in [9.17, 15) is 4.79 Å². The van der Waals surface area contributed by atoms with Crippen molar-refractivity contribution in [2.45, 2.75) is 6.42 Å². The number of aldehydes is 1. The predicted octanol–water partition coefficient (Wildman–Crippen LogP) is 3.45. The van der Waals surface area contributed by atoms with Crippen LogP contribution in [0.25, 0.3) is 5.57 Å². The Morgan fingerprint density at radius 3 is 3.06 bits per heavy atom. The van der Waals surface area contributed by atoms with Gasteiger partial charge in [0.2, 0.25) is 0 Å². The predicted molar refractivity (Wildman–Crippen MR) is 68.0 cm³/mol. The van der Waals surface area contributed by atoms with E-state index in [1.165, 1.54) is 0 Å². The molecular formula is C13H8BrNO. The maximum atomic E-state index is 10.8. The van der Waals surface area contributed by atoms with E-state index in [1.807, 2.05) is 30.4 Å². The van der Waals surface area contributed by atoms with Crippen molar-refractivity contribution in [1.82, 2.24) is 0 Å². The van der Waals surface area contributed by atoms with Crippen LogP contribution in [0.15, 0.2) is 45.4 Å². The number of hydrogen-bond acceptors (Lipinski definition) is 2. The van der Waals surface area contributed by atoms with Crippen LogP contribution in [-0.2, 0) is 4.79 Å². The third kappa shape index (κ3) is 1.39. The number of fused-ring (bicyclic) bond motifs is 3. The third-order valence-corrected chi connectivity index (χ3v) is 3.29. The lowest BCUT2D eigenvalue weighted by Gasteiger charge is -2.08. The highest BCUT2D eigenvalue weighted by atomic mass is 79.9. The highest BCUT2D eigenvalue weighted by Gasteiger charge is 2.22. The first kappa shape index (κ1) is 9.73. The quantitative estimate of drug-likeness (QED) is 0.721. The Balaban J connectivity index is 2.18. The van der Waals surface area contributed by atoms with Crippen LogP contribution in [0.5, 0.6) is 0 Å². The van der Waals surface area contributed by atoms with E-state index in [-0.39, 0.29) is 0 Å². The first-order valence-corrected chi connectivity index (χ1v) is 5.82. The van der Waals surface area contributed by atoms with Crippen molar-refractivity contribution in [2.24, 2.45) is 4.99 Å². The Kier molecular flexibility index (Phi) is 2.14. The van der Waals surface area contributed by atoms with Gasteiger partial charge in [0, 0.05) is 27.6 Å². The summed E-state index contributed by atoms with van der Waals surface area (Å²) in [6.07, 6.45) is 5.45. The van der Waals surface area contributed by atoms with Crippen LogP contribution in [0.4, 0.5) is 5.69 Å². The van der Waals surface area contributed by atoms with Crippen molar-refractivity contribution in [1.29, 1.82) is 0 Å². The number of hydrogen-bond donors (Lipinski definition) is 0. The lowest BCUT2D eigenvalue weighted by Crippen LogP contribution is -2.02. The SMILES string of the molecule is O=CC1=CCC2=Nc3ccc(Br)cc3C2=C1. The molecule has 1 heterocycles. The minimum absolute atomic E-state index is 0.738. The summed E-state index contributed by atoms with van der Waals surface area (Å²) in [5, 5.41) is 0. The third-order valence-electron chi connectivity index (χ3n) is 2.79. The summed E-state index contributed by atoms with van der Waals surface area (Å²) in [5.74, 6) is 0. The van der Waals surface area contributed by atoms with Gasteiger partial charge in [0.05, 0.1) is 11.4 Å². The zero-order valence-electron chi connectivity index (χ0n) is 8.40. The standard InChI is InChI=1S/C13H8BrNO/c14-9-2-4-13-11(6-9)10-5-8(7-16)1-3-12(10)15-13/h1-2,4-7H,3H2. The minimum atomic E-state index is 0.738. The van der Waals surface area contributed by atoms with Gasteiger partial charge in [-0.2, -0.15) is 0 Å². The highest BCUT2D eigenvalue weighted by molar-refractivity contribution is 9.10. The molecule has 0 unspecified atom stereocenters. The summed E-state index contributed by atoms with van der Waals surface area (Å²) in [6.45, 7) is 0. The molecule has 1 aromatic carbocycles. The maximum absolute atomic E-state index is 10.8. The molecule has 0 bridgehead atoms. The van der Waals surface area contributed by atoms with Gasteiger partial charge in [-0.05, 0) is 24.3 Å². The molecule has 0 saturated carbocycles. The van der Waals surface area contributed by atoms with Gasteiger partial charge in [-0.15, -0.1) is 0 Å². The Morgan fingerprint density at radius 1 is 1.38 bits per heavy atom. The number of rotatable bonds is 1. The number of carbonyl (C=O) groups excluding carboxylic acids is 1. The first-order chi connectivity index (χ1) is 7.78. The smallest absolute Gasteiger partial charge is 0.149 e. The van der Waals surface area contributed by atoms with Gasteiger partial charge >= 0.3 is 0 Å². The van der Waals surface area contributed by atoms with E-state index in [4.69, 9.17) is 0 Å². The molecule has 0 fully saturated rings. The molecule has 0 radical (unpaired) electrons. The van der Waals surface area contributed by atoms with Crippen LogP contribution in [0.1, 0.15) is 12.0 Å². The Hall–Kier alpha value is -1.48. The fraction of sp³-hybridized carbons (Fsp3) is 0.0769. The normalized spacial score (nSPS) is 16.9. The van der Waals surface area contributed by atoms with Crippen molar-refractivity contribution < 1.29 is 4.79 Å². The molecule has 0 spiro atoms. The Labute approximate surface area is 102 Å². The molecule has 2 nitrogen and oxygen atoms in total. The average molecular weight is 274 g/mol. The summed E-state index contributed by atoms with van der Waals surface area (Å²) >= 11 is 3.45. The van der Waals surface area contributed by atoms with E-state index in [1.54, 1.807) is 0 Å². The van der Waals surface area contributed by atoms with Crippen LogP contribution in [0.3, 0.4) is 0 Å². The van der Waals surface area contributed by atoms with E-state index in [0.29, 0.717) is 0 Å². The lowest BCUT2D eigenvalue weighted by molar-refractivity contribution is -0.104. The molecule has 0 aromatic heterocycles. The maximum Gasteiger partial charge on any atom is 0.149 e. The van der Waals surface area contributed by atoms with E-state index in [0.717, 1.165) is 45.3 Å². The molecule has 1 aliphatic carbocycles. The van der Waals surface area contributed by atoms with Gasteiger partial charge in [-0.25, -0.2) is 0 Å². The number of allylic oxidation sites excluding steroid dienone is 4. The summed E-state index contributed by atoms with van der Waals surface area (Å²) in [5.41, 5.74) is 4.98. The van der Waals surface area contributed by atoms with Crippen molar-refractivity contribution in [3.8, 4) is 0 Å². The molecule has 0 amide bonds. The van der Waals surface area contributed by atoms with Crippen molar-refractivity contribution in [2.75, 3.05) is 0 Å². The molecule has 0 N–H and O–H groups in total. The van der Waals surface area contributed by atoms with Gasteiger partial charge < -0.3 is 0 Å². The number of carbonyl (C=O) groups is 1. The van der Waals surface area contributed by atoms with Gasteiger partial charge in [-0.3, -0.25) is 9.79 Å². The zero-order valence-corrected chi connectivity index (χ0v) is 9.99. The molecule has 3 heteroatoms. The molecule has 3 rings (SSSR count). The number of nitrogens with zero attached hydrogens (tertiary/aromatic N) is 1. The Bertz CT molecular complexity index is 582. The van der Waals surface area contributed by atoms with Crippen LogP contribution >= 0.6 is 15.9 Å². The molecule has 0 saturated heterocycles. The fourth-order valence-corrected chi connectivity index (χ4v) is 2.38. The second-order valence-electron chi connectivity index (χ2n) is 3.80. The number of halogens is 1. The molecule has 1 aromatic rings.